The minimum absolute atomic E-state index is 0.188. The molecule has 0 heterocycles. The predicted molar refractivity (Wildman–Crippen MR) is 90.7 cm³/mol. The summed E-state index contributed by atoms with van der Waals surface area (Å²) < 4.78 is 0. The quantitative estimate of drug-likeness (QED) is 0.806. The summed E-state index contributed by atoms with van der Waals surface area (Å²) >= 11 is 2.07. The molecule has 0 radical (unpaired) electrons. The first-order chi connectivity index (χ1) is 10.3. The lowest BCUT2D eigenvalue weighted by Crippen LogP contribution is -2.49. The molecule has 0 aliphatic heterocycles. The van der Waals surface area contributed by atoms with Gasteiger partial charge in [0.25, 0.3) is 0 Å². The van der Waals surface area contributed by atoms with E-state index in [4.69, 9.17) is 0 Å². The Bertz CT molecular complexity index is 428. The Kier molecular flexibility index (Phi) is 5.25. The molecular formula is C18H27NOS. The topological polar surface area (TPSA) is 32.3 Å². The Morgan fingerprint density at radius 2 is 1.76 bits per heavy atom. The molecule has 1 aromatic rings. The maximum Gasteiger partial charge on any atom is 0.0762 e. The van der Waals surface area contributed by atoms with Gasteiger partial charge in [-0.25, -0.2) is 0 Å². The van der Waals surface area contributed by atoms with Gasteiger partial charge in [-0.1, -0.05) is 49.6 Å². The summed E-state index contributed by atoms with van der Waals surface area (Å²) in [7, 11) is 0. The lowest BCUT2D eigenvalue weighted by atomic mass is 9.92. The van der Waals surface area contributed by atoms with E-state index in [0.717, 1.165) is 11.0 Å². The number of aliphatic hydroxyl groups excluding tert-OH is 1. The van der Waals surface area contributed by atoms with E-state index in [1.165, 1.54) is 50.5 Å². The van der Waals surface area contributed by atoms with Crippen LogP contribution in [0.1, 0.15) is 50.5 Å². The summed E-state index contributed by atoms with van der Waals surface area (Å²) in [6.07, 6.45) is 9.37. The smallest absolute Gasteiger partial charge is 0.0762 e. The van der Waals surface area contributed by atoms with Gasteiger partial charge >= 0.3 is 0 Å². The third-order valence-electron chi connectivity index (χ3n) is 4.77. The van der Waals surface area contributed by atoms with Crippen LogP contribution in [0.2, 0.25) is 0 Å². The molecule has 3 rings (SSSR count). The van der Waals surface area contributed by atoms with Gasteiger partial charge in [0.1, 0.15) is 0 Å². The maximum atomic E-state index is 10.2. The Balaban J connectivity index is 1.71. The zero-order valence-electron chi connectivity index (χ0n) is 12.8. The van der Waals surface area contributed by atoms with Crippen LogP contribution in [0.15, 0.2) is 30.3 Å². The van der Waals surface area contributed by atoms with E-state index in [-0.39, 0.29) is 12.1 Å². The van der Waals surface area contributed by atoms with E-state index >= 15 is 0 Å². The second-order valence-corrected chi connectivity index (χ2v) is 7.88. The summed E-state index contributed by atoms with van der Waals surface area (Å²) in [4.78, 5) is 0. The number of thioether (sulfide) groups is 1. The van der Waals surface area contributed by atoms with Crippen molar-refractivity contribution in [2.45, 2.75) is 61.8 Å². The van der Waals surface area contributed by atoms with Gasteiger partial charge in [0.05, 0.1) is 12.1 Å². The number of nitrogens with one attached hydrogen (secondary N) is 1. The first kappa shape index (κ1) is 15.4. The molecule has 0 amide bonds. The molecule has 2 aliphatic carbocycles. The fourth-order valence-electron chi connectivity index (χ4n) is 3.26. The summed E-state index contributed by atoms with van der Waals surface area (Å²) in [6.45, 7) is 0.188. The van der Waals surface area contributed by atoms with Gasteiger partial charge in [-0.05, 0) is 31.2 Å². The number of rotatable bonds is 7. The molecular weight excluding hydrogens is 278 g/mol. The third-order valence-corrected chi connectivity index (χ3v) is 6.37. The zero-order chi connectivity index (χ0) is 14.5. The van der Waals surface area contributed by atoms with E-state index in [9.17, 15) is 5.11 Å². The average Bonchev–Trinajstić information content (AvgIpc) is 3.37. The SMILES string of the molecule is OCC(CSC1CCCCC1)(NC1CC1)c1ccccc1. The van der Waals surface area contributed by atoms with Gasteiger partial charge in [-0.2, -0.15) is 11.8 Å². The molecule has 2 nitrogen and oxygen atoms in total. The standard InChI is InChI=1S/C18H27NOS/c20-13-18(19-16-11-12-16,15-7-3-1-4-8-15)14-21-17-9-5-2-6-10-17/h1,3-4,7-8,16-17,19-20H,2,5-6,9-14H2. The molecule has 2 N–H and O–H groups in total. The second kappa shape index (κ2) is 7.17. The monoisotopic (exact) mass is 305 g/mol. The number of hydrogen-bond acceptors (Lipinski definition) is 3. The molecule has 2 aliphatic rings. The minimum Gasteiger partial charge on any atom is -0.394 e. The molecule has 2 saturated carbocycles. The van der Waals surface area contributed by atoms with Crippen LogP contribution in [0, 0.1) is 0 Å². The first-order valence-corrected chi connectivity index (χ1v) is 9.43. The molecule has 1 atom stereocenters. The molecule has 1 aromatic carbocycles. The molecule has 3 heteroatoms. The molecule has 0 spiro atoms. The van der Waals surface area contributed by atoms with Crippen molar-refractivity contribution in [1.82, 2.24) is 5.32 Å². The van der Waals surface area contributed by atoms with E-state index in [2.05, 4.69) is 47.4 Å². The number of hydrogen-bond donors (Lipinski definition) is 2. The van der Waals surface area contributed by atoms with Crippen LogP contribution in [-0.2, 0) is 5.54 Å². The Hall–Kier alpha value is -0.510. The van der Waals surface area contributed by atoms with Crippen LogP contribution >= 0.6 is 11.8 Å². The summed E-state index contributed by atoms with van der Waals surface area (Å²) in [6, 6.07) is 11.1. The van der Waals surface area contributed by atoms with E-state index in [1.54, 1.807) is 0 Å². The summed E-state index contributed by atoms with van der Waals surface area (Å²) in [5, 5.41) is 14.7. The van der Waals surface area contributed by atoms with Gasteiger partial charge in [0.2, 0.25) is 0 Å². The lowest BCUT2D eigenvalue weighted by molar-refractivity contribution is 0.177. The average molecular weight is 305 g/mol. The molecule has 0 aromatic heterocycles. The zero-order valence-corrected chi connectivity index (χ0v) is 13.6. The third kappa shape index (κ3) is 4.02. The first-order valence-electron chi connectivity index (χ1n) is 8.38. The minimum atomic E-state index is -0.259. The Morgan fingerprint density at radius 3 is 2.38 bits per heavy atom. The largest absolute Gasteiger partial charge is 0.394 e. The van der Waals surface area contributed by atoms with Crippen molar-refractivity contribution < 1.29 is 5.11 Å². The van der Waals surface area contributed by atoms with Crippen LogP contribution < -0.4 is 5.32 Å². The molecule has 116 valence electrons. The molecule has 0 saturated heterocycles. The van der Waals surface area contributed by atoms with Gasteiger partial charge in [-0.15, -0.1) is 0 Å². The highest BCUT2D eigenvalue weighted by molar-refractivity contribution is 7.99. The van der Waals surface area contributed by atoms with Crippen molar-refractivity contribution in [2.24, 2.45) is 0 Å². The summed E-state index contributed by atoms with van der Waals surface area (Å²) in [5.41, 5.74) is 0.979. The van der Waals surface area contributed by atoms with Crippen LogP contribution in [0.25, 0.3) is 0 Å². The molecule has 1 unspecified atom stereocenters. The number of aliphatic hydroxyl groups is 1. The summed E-state index contributed by atoms with van der Waals surface area (Å²) in [5.74, 6) is 0.981. The van der Waals surface area contributed by atoms with Crippen LogP contribution in [0.4, 0.5) is 0 Å². The fourth-order valence-corrected chi connectivity index (χ4v) is 4.79. The van der Waals surface area contributed by atoms with Crippen molar-refractivity contribution in [3.63, 3.8) is 0 Å². The van der Waals surface area contributed by atoms with Gasteiger partial charge < -0.3 is 10.4 Å². The van der Waals surface area contributed by atoms with E-state index < -0.39 is 0 Å². The van der Waals surface area contributed by atoms with Gasteiger partial charge in [-0.3, -0.25) is 0 Å². The van der Waals surface area contributed by atoms with Gasteiger partial charge in [0, 0.05) is 17.0 Å². The second-order valence-electron chi connectivity index (χ2n) is 6.60. The van der Waals surface area contributed by atoms with Crippen molar-refractivity contribution in [1.29, 1.82) is 0 Å². The Morgan fingerprint density at radius 1 is 1.05 bits per heavy atom. The van der Waals surface area contributed by atoms with Crippen LogP contribution in [0.3, 0.4) is 0 Å². The normalized spacial score (nSPS) is 22.9. The highest BCUT2D eigenvalue weighted by atomic mass is 32.2. The van der Waals surface area contributed by atoms with E-state index in [0.29, 0.717) is 6.04 Å². The highest BCUT2D eigenvalue weighted by Gasteiger charge is 2.37. The maximum absolute atomic E-state index is 10.2. The van der Waals surface area contributed by atoms with Crippen molar-refractivity contribution >= 4 is 11.8 Å². The fraction of sp³-hybridized carbons (Fsp3) is 0.667. The van der Waals surface area contributed by atoms with Crippen LogP contribution in [-0.4, -0.2) is 28.8 Å². The Labute approximate surface area is 132 Å². The van der Waals surface area contributed by atoms with Crippen molar-refractivity contribution in [2.75, 3.05) is 12.4 Å². The lowest BCUT2D eigenvalue weighted by Gasteiger charge is -2.35. The van der Waals surface area contributed by atoms with Crippen LogP contribution in [0.5, 0.6) is 0 Å². The number of benzene rings is 1. The molecule has 2 fully saturated rings. The molecule has 21 heavy (non-hydrogen) atoms. The predicted octanol–water partition coefficient (Wildman–Crippen LogP) is 3.69. The highest BCUT2D eigenvalue weighted by Crippen LogP contribution is 2.35. The molecule has 0 bridgehead atoms. The van der Waals surface area contributed by atoms with Crippen molar-refractivity contribution in [3.05, 3.63) is 35.9 Å². The van der Waals surface area contributed by atoms with Crippen molar-refractivity contribution in [3.8, 4) is 0 Å². The van der Waals surface area contributed by atoms with E-state index in [1.807, 2.05) is 0 Å². The van der Waals surface area contributed by atoms with Gasteiger partial charge in [0.15, 0.2) is 0 Å².